The predicted octanol–water partition coefficient (Wildman–Crippen LogP) is 4.54. The molecule has 4 aromatic rings. The number of hydrogen-bond acceptors (Lipinski definition) is 6. The van der Waals surface area contributed by atoms with Gasteiger partial charge in [-0.3, -0.25) is 24.8 Å². The number of carbonyl (C=O) groups is 3. The van der Waals surface area contributed by atoms with Gasteiger partial charge in [-0.1, -0.05) is 36.4 Å². The van der Waals surface area contributed by atoms with Gasteiger partial charge in [0.2, 0.25) is 11.8 Å². The Morgan fingerprint density at radius 2 is 1.82 bits per heavy atom. The van der Waals surface area contributed by atoms with Crippen molar-refractivity contribution in [3.05, 3.63) is 111 Å². The number of nitrogens with zero attached hydrogens (tertiary/aromatic N) is 2. The Bertz CT molecular complexity index is 1810. The fourth-order valence-corrected chi connectivity index (χ4v) is 6.89. The van der Waals surface area contributed by atoms with Crippen LogP contribution in [-0.2, 0) is 15.5 Å². The van der Waals surface area contributed by atoms with E-state index in [2.05, 4.69) is 15.6 Å². The summed E-state index contributed by atoms with van der Waals surface area (Å²) in [5.41, 5.74) is 7.41. The summed E-state index contributed by atoms with van der Waals surface area (Å²) in [4.78, 5) is 46.9. The van der Waals surface area contributed by atoms with Crippen LogP contribution >= 0.6 is 11.3 Å². The first-order valence-electron chi connectivity index (χ1n) is 14.4. The number of pyridine rings is 1. The fraction of sp³-hybridized carbons (Fsp3) is 0.242. The molecule has 12 heteroatoms. The zero-order chi connectivity index (χ0) is 31.9. The van der Waals surface area contributed by atoms with Gasteiger partial charge in [-0.15, -0.1) is 11.3 Å². The van der Waals surface area contributed by atoms with Gasteiger partial charge in [0.15, 0.2) is 0 Å². The van der Waals surface area contributed by atoms with Crippen LogP contribution in [0.1, 0.15) is 62.9 Å². The largest absolute Gasteiger partial charge is 0.384 e. The SMILES string of the molecule is C[C@@H](NC(=O)[C@@H]1C[C@H](c2ccccn2)CN1C(=O)CNC(=O)c1ccc2c(c1)-c1ccccc1C2(F)F)c1cc(C(=N)N)cs1. The van der Waals surface area contributed by atoms with Gasteiger partial charge in [-0.2, -0.15) is 8.78 Å². The minimum Gasteiger partial charge on any atom is -0.384 e. The molecule has 3 heterocycles. The number of thiophene rings is 1. The van der Waals surface area contributed by atoms with Crippen LogP contribution in [0.2, 0.25) is 0 Å². The maximum absolute atomic E-state index is 15.0. The van der Waals surface area contributed by atoms with Crippen molar-refractivity contribution >= 4 is 34.9 Å². The van der Waals surface area contributed by atoms with Crippen molar-refractivity contribution in [2.45, 2.75) is 37.3 Å². The Morgan fingerprint density at radius 1 is 1.07 bits per heavy atom. The third-order valence-electron chi connectivity index (χ3n) is 8.32. The van der Waals surface area contributed by atoms with Crippen molar-refractivity contribution in [2.75, 3.05) is 13.1 Å². The number of alkyl halides is 2. The zero-order valence-electron chi connectivity index (χ0n) is 24.2. The number of nitrogen functional groups attached to an aromatic ring is 1. The number of amides is 3. The van der Waals surface area contributed by atoms with Crippen molar-refractivity contribution in [3.63, 3.8) is 0 Å². The molecule has 3 atom stereocenters. The average Bonchev–Trinajstić information content (AvgIpc) is 3.77. The Kier molecular flexibility index (Phi) is 7.92. The first-order chi connectivity index (χ1) is 21.5. The molecule has 5 N–H and O–H groups in total. The van der Waals surface area contributed by atoms with E-state index in [0.29, 0.717) is 17.5 Å². The molecule has 2 aromatic heterocycles. The molecule has 0 bridgehead atoms. The first kappa shape index (κ1) is 30.1. The highest BCUT2D eigenvalue weighted by Gasteiger charge is 2.44. The van der Waals surface area contributed by atoms with Gasteiger partial charge in [0, 0.05) is 56.9 Å². The summed E-state index contributed by atoms with van der Waals surface area (Å²) in [5, 5.41) is 15.0. The number of halogens is 2. The summed E-state index contributed by atoms with van der Waals surface area (Å²) in [6.45, 7) is 1.66. The highest BCUT2D eigenvalue weighted by atomic mass is 32.1. The molecule has 0 spiro atoms. The van der Waals surface area contributed by atoms with E-state index >= 15 is 0 Å². The number of rotatable bonds is 8. The molecule has 230 valence electrons. The number of aromatic nitrogens is 1. The van der Waals surface area contributed by atoms with Crippen molar-refractivity contribution in [1.82, 2.24) is 20.5 Å². The lowest BCUT2D eigenvalue weighted by Gasteiger charge is -2.25. The third kappa shape index (κ3) is 5.68. The molecule has 1 saturated heterocycles. The lowest BCUT2D eigenvalue weighted by molar-refractivity contribution is -0.137. The number of carbonyl (C=O) groups excluding carboxylic acids is 3. The van der Waals surface area contributed by atoms with E-state index in [9.17, 15) is 23.2 Å². The average molecular weight is 629 g/mol. The molecule has 0 radical (unpaired) electrons. The van der Waals surface area contributed by atoms with E-state index in [1.807, 2.05) is 19.1 Å². The predicted molar refractivity (Wildman–Crippen MR) is 166 cm³/mol. The second-order valence-corrected chi connectivity index (χ2v) is 12.1. The maximum atomic E-state index is 15.0. The summed E-state index contributed by atoms with van der Waals surface area (Å²) in [5.74, 6) is -4.82. The highest BCUT2D eigenvalue weighted by molar-refractivity contribution is 7.10. The summed E-state index contributed by atoms with van der Waals surface area (Å²) < 4.78 is 29.9. The van der Waals surface area contributed by atoms with E-state index in [-0.39, 0.29) is 53.0 Å². The summed E-state index contributed by atoms with van der Waals surface area (Å²) in [6, 6.07) is 16.2. The van der Waals surface area contributed by atoms with Gasteiger partial charge in [-0.25, -0.2) is 0 Å². The van der Waals surface area contributed by atoms with Crippen LogP contribution in [-0.4, -0.2) is 52.6 Å². The Balaban J connectivity index is 1.17. The second-order valence-electron chi connectivity index (χ2n) is 11.2. The van der Waals surface area contributed by atoms with Crippen LogP contribution in [0, 0.1) is 5.41 Å². The van der Waals surface area contributed by atoms with E-state index in [0.717, 1.165) is 10.6 Å². The molecule has 6 rings (SSSR count). The third-order valence-corrected chi connectivity index (χ3v) is 9.44. The lowest BCUT2D eigenvalue weighted by Crippen LogP contribution is -2.49. The van der Waals surface area contributed by atoms with E-state index < -0.39 is 29.8 Å². The van der Waals surface area contributed by atoms with Gasteiger partial charge in [-0.05, 0) is 54.8 Å². The molecule has 1 aliphatic carbocycles. The van der Waals surface area contributed by atoms with Gasteiger partial charge in [0.1, 0.15) is 11.9 Å². The van der Waals surface area contributed by atoms with Crippen molar-refractivity contribution in [1.29, 1.82) is 5.41 Å². The van der Waals surface area contributed by atoms with Gasteiger partial charge < -0.3 is 21.3 Å². The van der Waals surface area contributed by atoms with E-state index in [1.165, 1.54) is 40.5 Å². The van der Waals surface area contributed by atoms with Crippen molar-refractivity contribution in [3.8, 4) is 11.1 Å². The van der Waals surface area contributed by atoms with Crippen molar-refractivity contribution < 1.29 is 23.2 Å². The number of benzene rings is 2. The fourth-order valence-electron chi connectivity index (χ4n) is 5.97. The minimum absolute atomic E-state index is 0.0634. The molecule has 9 nitrogen and oxygen atoms in total. The lowest BCUT2D eigenvalue weighted by atomic mass is 10.0. The molecule has 45 heavy (non-hydrogen) atoms. The number of hydrogen-bond donors (Lipinski definition) is 4. The molecule has 3 amide bonds. The second kappa shape index (κ2) is 11.8. The minimum atomic E-state index is -3.16. The Hall–Kier alpha value is -4.97. The molecule has 2 aromatic carbocycles. The normalized spacial score (nSPS) is 18.5. The molecule has 2 aliphatic rings. The van der Waals surface area contributed by atoms with Crippen LogP contribution in [0.25, 0.3) is 11.1 Å². The first-order valence-corrected chi connectivity index (χ1v) is 15.3. The molecule has 1 fully saturated rings. The van der Waals surface area contributed by atoms with Crippen LogP contribution in [0.4, 0.5) is 8.78 Å². The highest BCUT2D eigenvalue weighted by Crippen LogP contribution is 2.50. The quantitative estimate of drug-likeness (QED) is 0.168. The number of fused-ring (bicyclic) bond motifs is 3. The van der Waals surface area contributed by atoms with Crippen LogP contribution in [0.5, 0.6) is 0 Å². The van der Waals surface area contributed by atoms with Crippen LogP contribution in [0.15, 0.2) is 78.3 Å². The van der Waals surface area contributed by atoms with Crippen LogP contribution < -0.4 is 16.4 Å². The monoisotopic (exact) mass is 628 g/mol. The summed E-state index contributed by atoms with van der Waals surface area (Å²) in [6.07, 6.45) is 2.00. The van der Waals surface area contributed by atoms with E-state index in [4.69, 9.17) is 11.1 Å². The number of nitrogens with one attached hydrogen (secondary N) is 3. The summed E-state index contributed by atoms with van der Waals surface area (Å²) in [7, 11) is 0. The van der Waals surface area contributed by atoms with Gasteiger partial charge in [0.25, 0.3) is 11.8 Å². The van der Waals surface area contributed by atoms with Crippen LogP contribution in [0.3, 0.4) is 0 Å². The Labute approximate surface area is 262 Å². The smallest absolute Gasteiger partial charge is 0.299 e. The van der Waals surface area contributed by atoms with Gasteiger partial charge >= 0.3 is 0 Å². The molecular formula is C33H30F2N6O3S. The molecular weight excluding hydrogens is 598 g/mol. The topological polar surface area (TPSA) is 141 Å². The summed E-state index contributed by atoms with van der Waals surface area (Å²) >= 11 is 1.37. The van der Waals surface area contributed by atoms with Gasteiger partial charge in [0.05, 0.1) is 12.6 Å². The molecule has 0 unspecified atom stereocenters. The number of likely N-dealkylation sites (tertiary alicyclic amines) is 1. The standard InChI is InChI=1S/C33H30F2N6O3S/c1-18(28-14-21(17-45-28)30(36)37)40-32(44)27-13-20(26-8-4-5-11-38-26)16-41(27)29(42)15-39-31(43)19-9-10-25-23(12-19)22-6-2-3-7-24(22)33(25,34)35/h2-12,14,17-18,20,27H,13,15-16H2,1H3,(H3,36,37)(H,39,43)(H,40,44)/t18-,20+,27+/m1/s1. The molecule has 0 saturated carbocycles. The maximum Gasteiger partial charge on any atom is 0.299 e. The van der Waals surface area contributed by atoms with E-state index in [1.54, 1.807) is 41.9 Å². The number of amidine groups is 1. The zero-order valence-corrected chi connectivity index (χ0v) is 25.0. The van der Waals surface area contributed by atoms with Crippen molar-refractivity contribution in [2.24, 2.45) is 5.73 Å². The molecule has 1 aliphatic heterocycles. The number of nitrogens with two attached hydrogens (primary N) is 1. The Morgan fingerprint density at radius 3 is 2.56 bits per heavy atom.